The van der Waals surface area contributed by atoms with Gasteiger partial charge in [0.1, 0.15) is 5.69 Å². The third-order valence-electron chi connectivity index (χ3n) is 5.58. The maximum absolute atomic E-state index is 12.9. The maximum Gasteiger partial charge on any atom is 0.274 e. The molecular formula is C20H27N5O. The van der Waals surface area contributed by atoms with E-state index in [-0.39, 0.29) is 5.91 Å². The van der Waals surface area contributed by atoms with Crippen LogP contribution in [-0.4, -0.2) is 56.6 Å². The van der Waals surface area contributed by atoms with Crippen LogP contribution in [0, 0.1) is 0 Å². The molecule has 4 rings (SSSR count). The average molecular weight is 353 g/mol. The first-order valence-electron chi connectivity index (χ1n) is 9.72. The molecule has 138 valence electrons. The van der Waals surface area contributed by atoms with Gasteiger partial charge < -0.3 is 4.90 Å². The van der Waals surface area contributed by atoms with Crippen LogP contribution in [0.3, 0.4) is 0 Å². The summed E-state index contributed by atoms with van der Waals surface area (Å²) in [6.45, 7) is 5.68. The quantitative estimate of drug-likeness (QED) is 0.867. The highest BCUT2D eigenvalue weighted by Gasteiger charge is 2.31. The van der Waals surface area contributed by atoms with E-state index in [1.165, 1.54) is 18.4 Å². The van der Waals surface area contributed by atoms with Gasteiger partial charge in [0.15, 0.2) is 0 Å². The smallest absolute Gasteiger partial charge is 0.274 e. The number of likely N-dealkylation sites (tertiary alicyclic amines) is 1. The molecule has 1 aliphatic heterocycles. The van der Waals surface area contributed by atoms with Crippen LogP contribution in [0.5, 0.6) is 0 Å². The number of hydrogen-bond acceptors (Lipinski definition) is 4. The third-order valence-corrected chi connectivity index (χ3v) is 5.58. The van der Waals surface area contributed by atoms with Crippen molar-refractivity contribution >= 4 is 5.91 Å². The summed E-state index contributed by atoms with van der Waals surface area (Å²) in [5.41, 5.74) is 2.96. The van der Waals surface area contributed by atoms with Gasteiger partial charge >= 0.3 is 0 Å². The molecule has 6 nitrogen and oxygen atoms in total. The summed E-state index contributed by atoms with van der Waals surface area (Å²) in [5, 5.41) is 7.33. The van der Waals surface area contributed by atoms with Gasteiger partial charge in [-0.05, 0) is 56.0 Å². The highest BCUT2D eigenvalue weighted by molar-refractivity contribution is 5.92. The van der Waals surface area contributed by atoms with Crippen LogP contribution < -0.4 is 0 Å². The van der Waals surface area contributed by atoms with Crippen molar-refractivity contribution in [3.63, 3.8) is 0 Å². The molecule has 1 atom stereocenters. The fraction of sp³-hybridized carbons (Fsp3) is 0.550. The minimum Gasteiger partial charge on any atom is -0.336 e. The highest BCUT2D eigenvalue weighted by Crippen LogP contribution is 2.39. The fourth-order valence-electron chi connectivity index (χ4n) is 3.87. The van der Waals surface area contributed by atoms with Gasteiger partial charge in [-0.25, -0.2) is 0 Å². The van der Waals surface area contributed by atoms with Crippen LogP contribution in [0.1, 0.15) is 60.3 Å². The van der Waals surface area contributed by atoms with Gasteiger partial charge in [0.05, 0.1) is 0 Å². The molecule has 6 heteroatoms. The lowest BCUT2D eigenvalue weighted by atomic mass is 10.0. The molecule has 2 aromatic rings. The van der Waals surface area contributed by atoms with Gasteiger partial charge in [-0.2, -0.15) is 5.10 Å². The Bertz CT molecular complexity index is 740. The summed E-state index contributed by atoms with van der Waals surface area (Å²) in [6.07, 6.45) is 8.29. The van der Waals surface area contributed by atoms with Gasteiger partial charge in [0.2, 0.25) is 0 Å². The normalized spacial score (nSPS) is 20.5. The summed E-state index contributed by atoms with van der Waals surface area (Å²) >= 11 is 0. The van der Waals surface area contributed by atoms with Crippen LogP contribution in [-0.2, 0) is 6.54 Å². The lowest BCUT2D eigenvalue weighted by Crippen LogP contribution is -2.49. The van der Waals surface area contributed by atoms with Crippen molar-refractivity contribution < 1.29 is 4.79 Å². The molecule has 1 saturated heterocycles. The second-order valence-electron chi connectivity index (χ2n) is 7.45. The van der Waals surface area contributed by atoms with Crippen molar-refractivity contribution in [2.45, 2.75) is 51.1 Å². The molecule has 2 aromatic heterocycles. The van der Waals surface area contributed by atoms with Gasteiger partial charge in [-0.15, -0.1) is 0 Å². The second-order valence-corrected chi connectivity index (χ2v) is 7.45. The number of hydrogen-bond donors (Lipinski definition) is 1. The molecule has 0 aromatic carbocycles. The average Bonchev–Trinajstić information content (AvgIpc) is 3.43. The van der Waals surface area contributed by atoms with Crippen molar-refractivity contribution in [1.82, 2.24) is 25.0 Å². The number of likely N-dealkylation sites (N-methyl/N-ethyl adjacent to an activating group) is 1. The number of carbonyl (C=O) groups is 1. The lowest BCUT2D eigenvalue weighted by Gasteiger charge is -2.38. The molecule has 0 spiro atoms. The fourth-order valence-corrected chi connectivity index (χ4v) is 3.87. The monoisotopic (exact) mass is 353 g/mol. The number of pyridine rings is 1. The maximum atomic E-state index is 12.9. The highest BCUT2D eigenvalue weighted by atomic mass is 16.2. The van der Waals surface area contributed by atoms with Crippen LogP contribution in [0.4, 0.5) is 0 Å². The zero-order chi connectivity index (χ0) is 17.9. The molecular weight excluding hydrogens is 326 g/mol. The first-order chi connectivity index (χ1) is 12.7. The molecule has 0 bridgehead atoms. The Morgan fingerprint density at radius 2 is 2.12 bits per heavy atom. The summed E-state index contributed by atoms with van der Waals surface area (Å²) in [7, 11) is 0. The number of H-pyrrole nitrogens is 1. The van der Waals surface area contributed by atoms with Crippen molar-refractivity contribution in [1.29, 1.82) is 0 Å². The molecule has 1 N–H and O–H groups in total. The van der Waals surface area contributed by atoms with Crippen LogP contribution >= 0.6 is 0 Å². The Morgan fingerprint density at radius 3 is 2.85 bits per heavy atom. The van der Waals surface area contributed by atoms with E-state index in [2.05, 4.69) is 39.1 Å². The molecule has 3 heterocycles. The predicted octanol–water partition coefficient (Wildman–Crippen LogP) is 2.81. The van der Waals surface area contributed by atoms with Crippen LogP contribution in [0.15, 0.2) is 30.6 Å². The number of nitrogens with one attached hydrogen (secondary N) is 1. The van der Waals surface area contributed by atoms with E-state index >= 15 is 0 Å². The Kier molecular flexibility index (Phi) is 5.02. The largest absolute Gasteiger partial charge is 0.336 e. The minimum atomic E-state index is 0.0674. The molecule has 1 amide bonds. The Morgan fingerprint density at radius 1 is 1.31 bits per heavy atom. The summed E-state index contributed by atoms with van der Waals surface area (Å²) in [4.78, 5) is 21.4. The number of rotatable bonds is 6. The van der Waals surface area contributed by atoms with E-state index < -0.39 is 0 Å². The van der Waals surface area contributed by atoms with E-state index in [1.54, 1.807) is 0 Å². The molecule has 0 unspecified atom stereocenters. The van der Waals surface area contributed by atoms with E-state index in [0.717, 1.165) is 44.7 Å². The van der Waals surface area contributed by atoms with Crippen LogP contribution in [0.25, 0.3) is 0 Å². The summed E-state index contributed by atoms with van der Waals surface area (Å²) in [6, 6.07) is 6.49. The van der Waals surface area contributed by atoms with Crippen molar-refractivity contribution in [2.24, 2.45) is 0 Å². The second kappa shape index (κ2) is 7.58. The van der Waals surface area contributed by atoms with E-state index in [1.807, 2.05) is 23.4 Å². The lowest BCUT2D eigenvalue weighted by molar-refractivity contribution is 0.0564. The van der Waals surface area contributed by atoms with Crippen molar-refractivity contribution in [3.8, 4) is 0 Å². The first-order valence-corrected chi connectivity index (χ1v) is 9.72. The van der Waals surface area contributed by atoms with Crippen LogP contribution in [0.2, 0.25) is 0 Å². The summed E-state index contributed by atoms with van der Waals surface area (Å²) in [5.74, 6) is 0.659. The Hall–Kier alpha value is -2.21. The van der Waals surface area contributed by atoms with E-state index in [9.17, 15) is 4.79 Å². The standard InChI is InChI=1S/C20H27N5O/c1-2-24(13-15-7-9-21-10-8-15)17-4-3-11-25(14-17)20(26)19-12-18(22-23-19)16-5-6-16/h7-10,12,16-17H,2-6,11,13-14H2,1H3,(H,22,23)/t17-/m1/s1. The minimum absolute atomic E-state index is 0.0674. The molecule has 0 radical (unpaired) electrons. The topological polar surface area (TPSA) is 65.1 Å². The number of nitrogens with zero attached hydrogens (tertiary/aromatic N) is 4. The number of amides is 1. The summed E-state index contributed by atoms with van der Waals surface area (Å²) < 4.78 is 0. The zero-order valence-electron chi connectivity index (χ0n) is 15.4. The van der Waals surface area contributed by atoms with E-state index in [0.29, 0.717) is 17.7 Å². The Labute approximate surface area is 154 Å². The van der Waals surface area contributed by atoms with E-state index in [4.69, 9.17) is 0 Å². The van der Waals surface area contributed by atoms with Gasteiger partial charge in [-0.3, -0.25) is 19.8 Å². The van der Waals surface area contributed by atoms with Crippen molar-refractivity contribution in [3.05, 3.63) is 47.5 Å². The zero-order valence-corrected chi connectivity index (χ0v) is 15.4. The molecule has 26 heavy (non-hydrogen) atoms. The molecule has 2 aliphatic rings. The van der Waals surface area contributed by atoms with Gasteiger partial charge in [-0.1, -0.05) is 6.92 Å². The predicted molar refractivity (Wildman–Crippen MR) is 99.8 cm³/mol. The number of aromatic nitrogens is 3. The van der Waals surface area contributed by atoms with Gasteiger partial charge in [0.25, 0.3) is 5.91 Å². The first kappa shape index (κ1) is 17.2. The number of piperidine rings is 1. The van der Waals surface area contributed by atoms with Crippen molar-refractivity contribution in [2.75, 3.05) is 19.6 Å². The SMILES string of the molecule is CCN(Cc1ccncc1)[C@@H]1CCCN(C(=O)c2cc(C3CC3)[nH]n2)C1. The molecule has 1 aliphatic carbocycles. The molecule has 1 saturated carbocycles. The Balaban J connectivity index is 1.41. The molecule has 2 fully saturated rings. The number of aromatic amines is 1. The number of carbonyl (C=O) groups excluding carboxylic acids is 1. The van der Waals surface area contributed by atoms with Gasteiger partial charge in [0, 0.05) is 49.7 Å². The third kappa shape index (κ3) is 3.80.